The lowest BCUT2D eigenvalue weighted by molar-refractivity contribution is -0.134. The van der Waals surface area contributed by atoms with E-state index in [1.165, 1.54) is 10.4 Å². The first-order valence-corrected chi connectivity index (χ1v) is 13.1. The number of urea groups is 1. The molecule has 0 radical (unpaired) electrons. The van der Waals surface area contributed by atoms with Crippen molar-refractivity contribution in [1.82, 2.24) is 9.80 Å². The summed E-state index contributed by atoms with van der Waals surface area (Å²) in [7, 11) is 0. The molecule has 0 saturated carbocycles. The maximum atomic E-state index is 13.8. The van der Waals surface area contributed by atoms with Crippen LogP contribution in [0.5, 0.6) is 5.75 Å². The Morgan fingerprint density at radius 1 is 1.11 bits per heavy atom. The van der Waals surface area contributed by atoms with Gasteiger partial charge in [0.2, 0.25) is 5.91 Å². The molecule has 1 aromatic heterocycles. The molecule has 35 heavy (non-hydrogen) atoms. The first-order chi connectivity index (χ1) is 17.0. The summed E-state index contributed by atoms with van der Waals surface area (Å²) in [4.78, 5) is 32.0. The van der Waals surface area contributed by atoms with E-state index in [2.05, 4.69) is 28.9 Å². The van der Waals surface area contributed by atoms with E-state index in [0.717, 1.165) is 18.4 Å². The Hall–Kier alpha value is -3.32. The Bertz CT molecular complexity index is 1150. The summed E-state index contributed by atoms with van der Waals surface area (Å²) in [6.45, 7) is 7.05. The number of hydrogen-bond donors (Lipinski definition) is 1. The summed E-state index contributed by atoms with van der Waals surface area (Å²) in [5, 5.41) is 5.07. The number of ether oxygens (including phenoxy) is 1. The molecule has 0 bridgehead atoms. The lowest BCUT2D eigenvalue weighted by Gasteiger charge is -2.38. The number of rotatable bonds is 8. The van der Waals surface area contributed by atoms with Crippen molar-refractivity contribution in [2.24, 2.45) is 0 Å². The van der Waals surface area contributed by atoms with E-state index >= 15 is 0 Å². The van der Waals surface area contributed by atoms with Crippen molar-refractivity contribution in [1.29, 1.82) is 0 Å². The van der Waals surface area contributed by atoms with Crippen LogP contribution in [-0.4, -0.2) is 47.5 Å². The molecule has 3 aromatic rings. The van der Waals surface area contributed by atoms with Gasteiger partial charge in [-0.2, -0.15) is 0 Å². The van der Waals surface area contributed by atoms with Crippen molar-refractivity contribution in [3.63, 3.8) is 0 Å². The average molecular weight is 492 g/mol. The van der Waals surface area contributed by atoms with Crippen LogP contribution >= 0.6 is 11.3 Å². The Morgan fingerprint density at radius 2 is 1.86 bits per heavy atom. The van der Waals surface area contributed by atoms with Crippen LogP contribution < -0.4 is 10.1 Å². The molecule has 2 unspecified atom stereocenters. The van der Waals surface area contributed by atoms with Crippen molar-refractivity contribution >= 4 is 29.0 Å². The number of nitrogens with zero attached hydrogens (tertiary/aromatic N) is 2. The molecular weight excluding hydrogens is 458 g/mol. The molecule has 2 heterocycles. The van der Waals surface area contributed by atoms with Crippen molar-refractivity contribution in [2.75, 3.05) is 25.0 Å². The average Bonchev–Trinajstić information content (AvgIpc) is 3.37. The van der Waals surface area contributed by atoms with Crippen LogP contribution in [0.25, 0.3) is 0 Å². The van der Waals surface area contributed by atoms with E-state index in [1.807, 2.05) is 68.1 Å². The van der Waals surface area contributed by atoms with E-state index in [9.17, 15) is 9.59 Å². The fraction of sp³-hybridized carbons (Fsp3) is 0.357. The number of nitrogens with one attached hydrogen (secondary N) is 1. The summed E-state index contributed by atoms with van der Waals surface area (Å²) in [6, 6.07) is 19.1. The predicted molar refractivity (Wildman–Crippen MR) is 141 cm³/mol. The molecule has 0 fully saturated rings. The highest BCUT2D eigenvalue weighted by molar-refractivity contribution is 7.10. The minimum Gasteiger partial charge on any atom is -0.492 e. The quantitative estimate of drug-likeness (QED) is 0.423. The Morgan fingerprint density at radius 3 is 2.60 bits per heavy atom. The maximum Gasteiger partial charge on any atom is 0.322 e. The molecular formula is C28H33N3O3S. The van der Waals surface area contributed by atoms with Gasteiger partial charge >= 0.3 is 6.03 Å². The summed E-state index contributed by atoms with van der Waals surface area (Å²) in [5.74, 6) is 0.563. The minimum atomic E-state index is -0.302. The molecule has 4 rings (SSSR count). The van der Waals surface area contributed by atoms with Crippen molar-refractivity contribution in [2.45, 2.75) is 45.7 Å². The van der Waals surface area contributed by atoms with E-state index in [-0.39, 0.29) is 30.6 Å². The molecule has 1 N–H and O–H groups in total. The highest BCUT2D eigenvalue weighted by Gasteiger charge is 2.34. The number of amides is 3. The second-order valence-electron chi connectivity index (χ2n) is 8.69. The Kier molecular flexibility index (Phi) is 8.08. The number of benzene rings is 2. The monoisotopic (exact) mass is 491 g/mol. The summed E-state index contributed by atoms with van der Waals surface area (Å²) in [6.07, 6.45) is 1.57. The number of carbonyl (C=O) groups is 2. The first kappa shape index (κ1) is 24.8. The number of thiophene rings is 1. The SMILES string of the molecule is CCOc1ccccc1NC(=O)N(CC(=O)N1CCc2sccc2C1c1ccccc1)C(C)CC. The fourth-order valence-corrected chi connectivity index (χ4v) is 5.41. The topological polar surface area (TPSA) is 61.9 Å². The van der Waals surface area contributed by atoms with Gasteiger partial charge in [0.05, 0.1) is 18.3 Å². The Balaban J connectivity index is 1.57. The molecule has 0 saturated heterocycles. The summed E-state index contributed by atoms with van der Waals surface area (Å²) >= 11 is 1.75. The summed E-state index contributed by atoms with van der Waals surface area (Å²) < 4.78 is 5.66. The van der Waals surface area contributed by atoms with Gasteiger partial charge in [-0.15, -0.1) is 11.3 Å². The van der Waals surface area contributed by atoms with Crippen molar-refractivity contribution in [3.8, 4) is 5.75 Å². The minimum absolute atomic E-state index is 0.0143. The Labute approximate surface area is 211 Å². The van der Waals surface area contributed by atoms with Gasteiger partial charge in [-0.05, 0) is 61.4 Å². The van der Waals surface area contributed by atoms with Crippen LogP contribution in [0, 0.1) is 0 Å². The lowest BCUT2D eigenvalue weighted by Crippen LogP contribution is -2.50. The van der Waals surface area contributed by atoms with Gasteiger partial charge in [-0.3, -0.25) is 4.79 Å². The third-order valence-corrected chi connectivity index (χ3v) is 7.52. The molecule has 6 nitrogen and oxygen atoms in total. The fourth-order valence-electron chi connectivity index (χ4n) is 4.50. The van der Waals surface area contributed by atoms with Crippen LogP contribution in [0.15, 0.2) is 66.0 Å². The molecule has 184 valence electrons. The maximum absolute atomic E-state index is 13.8. The van der Waals surface area contributed by atoms with Crippen LogP contribution in [0.3, 0.4) is 0 Å². The van der Waals surface area contributed by atoms with Crippen molar-refractivity contribution in [3.05, 3.63) is 82.0 Å². The van der Waals surface area contributed by atoms with Gasteiger partial charge in [0.25, 0.3) is 0 Å². The van der Waals surface area contributed by atoms with Gasteiger partial charge in [-0.1, -0.05) is 49.4 Å². The third kappa shape index (κ3) is 5.51. The van der Waals surface area contributed by atoms with E-state index < -0.39 is 0 Å². The number of para-hydroxylation sites is 2. The first-order valence-electron chi connectivity index (χ1n) is 12.2. The lowest BCUT2D eigenvalue weighted by atomic mass is 9.93. The van der Waals surface area contributed by atoms with Crippen LogP contribution in [-0.2, 0) is 11.2 Å². The molecule has 1 aliphatic rings. The molecule has 2 atom stereocenters. The van der Waals surface area contributed by atoms with Crippen LogP contribution in [0.2, 0.25) is 0 Å². The van der Waals surface area contributed by atoms with E-state index in [0.29, 0.717) is 24.6 Å². The van der Waals surface area contributed by atoms with E-state index in [1.54, 1.807) is 16.2 Å². The largest absolute Gasteiger partial charge is 0.492 e. The third-order valence-electron chi connectivity index (χ3n) is 6.52. The van der Waals surface area contributed by atoms with Gasteiger partial charge in [0, 0.05) is 17.5 Å². The standard InChI is InChI=1S/C28H33N3O3S/c1-4-20(3)31(28(33)29-23-13-9-10-14-24(23)34-5-2)19-26(32)30-17-15-25-22(16-18-35-25)27(30)21-11-7-6-8-12-21/h6-14,16,18,20,27H,4-5,15,17,19H2,1-3H3,(H,29,33). The van der Waals surface area contributed by atoms with E-state index in [4.69, 9.17) is 4.74 Å². The van der Waals surface area contributed by atoms with Crippen LogP contribution in [0.1, 0.15) is 49.2 Å². The van der Waals surface area contributed by atoms with Crippen molar-refractivity contribution < 1.29 is 14.3 Å². The second-order valence-corrected chi connectivity index (χ2v) is 9.69. The normalized spacial score (nSPS) is 15.7. The zero-order valence-electron chi connectivity index (χ0n) is 20.6. The highest BCUT2D eigenvalue weighted by atomic mass is 32.1. The van der Waals surface area contributed by atoms with Gasteiger partial charge in [0.15, 0.2) is 0 Å². The molecule has 0 spiro atoms. The smallest absolute Gasteiger partial charge is 0.322 e. The van der Waals surface area contributed by atoms with Gasteiger partial charge in [0.1, 0.15) is 12.3 Å². The summed E-state index contributed by atoms with van der Waals surface area (Å²) in [5.41, 5.74) is 2.87. The second kappa shape index (κ2) is 11.4. The molecule has 2 aromatic carbocycles. The molecule has 0 aliphatic carbocycles. The molecule has 1 aliphatic heterocycles. The van der Waals surface area contributed by atoms with Crippen LogP contribution in [0.4, 0.5) is 10.5 Å². The zero-order valence-corrected chi connectivity index (χ0v) is 21.4. The zero-order chi connectivity index (χ0) is 24.8. The van der Waals surface area contributed by atoms with Gasteiger partial charge in [-0.25, -0.2) is 4.79 Å². The number of anilines is 1. The number of carbonyl (C=O) groups excluding carboxylic acids is 2. The predicted octanol–water partition coefficient (Wildman–Crippen LogP) is 5.95. The molecule has 7 heteroatoms. The van der Waals surface area contributed by atoms with Gasteiger partial charge < -0.3 is 19.9 Å². The highest BCUT2D eigenvalue weighted by Crippen LogP contribution is 2.38. The number of fused-ring (bicyclic) bond motifs is 1. The molecule has 3 amide bonds. The number of hydrogen-bond acceptors (Lipinski definition) is 4.